The van der Waals surface area contributed by atoms with Gasteiger partial charge in [0.15, 0.2) is 0 Å². The Morgan fingerprint density at radius 1 is 1.13 bits per heavy atom. The number of aliphatic hydroxyl groups is 1. The monoisotopic (exact) mass is 200 g/mol. The van der Waals surface area contributed by atoms with Gasteiger partial charge in [0.05, 0.1) is 6.61 Å². The van der Waals surface area contributed by atoms with Gasteiger partial charge in [0.2, 0.25) is 0 Å². The molecule has 1 aromatic carbocycles. The van der Waals surface area contributed by atoms with Crippen molar-refractivity contribution in [2.75, 3.05) is 0 Å². The van der Waals surface area contributed by atoms with E-state index in [1.165, 1.54) is 0 Å². The topological polar surface area (TPSA) is 33.4 Å². The predicted molar refractivity (Wildman–Crippen MR) is 60.2 cm³/mol. The fourth-order valence-electron chi connectivity index (χ4n) is 1.39. The van der Waals surface area contributed by atoms with Gasteiger partial charge < -0.3 is 9.52 Å². The Morgan fingerprint density at radius 3 is 2.40 bits per heavy atom. The molecule has 0 fully saturated rings. The van der Waals surface area contributed by atoms with Gasteiger partial charge >= 0.3 is 0 Å². The van der Waals surface area contributed by atoms with Crippen LogP contribution in [0, 0.1) is 0 Å². The highest BCUT2D eigenvalue weighted by Crippen LogP contribution is 2.22. The minimum absolute atomic E-state index is 0.0658. The van der Waals surface area contributed by atoms with Crippen LogP contribution in [-0.4, -0.2) is 5.11 Å². The Bertz CT molecular complexity index is 452. The van der Waals surface area contributed by atoms with E-state index in [-0.39, 0.29) is 6.61 Å². The van der Waals surface area contributed by atoms with Gasteiger partial charge in [0, 0.05) is 5.56 Å². The summed E-state index contributed by atoms with van der Waals surface area (Å²) in [7, 11) is 0. The normalized spacial score (nSPS) is 10.2. The molecule has 2 aromatic rings. The number of hydrogen-bond donors (Lipinski definition) is 1. The molecule has 15 heavy (non-hydrogen) atoms. The van der Waals surface area contributed by atoms with Crippen LogP contribution in [0.4, 0.5) is 0 Å². The first-order chi connectivity index (χ1) is 7.33. The first-order valence-corrected chi connectivity index (χ1v) is 4.76. The second-order valence-corrected chi connectivity index (χ2v) is 3.26. The maximum absolute atomic E-state index is 8.90. The van der Waals surface area contributed by atoms with E-state index in [2.05, 4.69) is 6.58 Å². The van der Waals surface area contributed by atoms with Crippen molar-refractivity contribution in [1.29, 1.82) is 0 Å². The lowest BCUT2D eigenvalue weighted by Crippen LogP contribution is -1.81. The second kappa shape index (κ2) is 4.15. The lowest BCUT2D eigenvalue weighted by molar-refractivity contribution is 0.282. The van der Waals surface area contributed by atoms with Crippen LogP contribution in [0.1, 0.15) is 11.3 Å². The van der Waals surface area contributed by atoms with Crippen LogP contribution in [0.15, 0.2) is 47.4 Å². The van der Waals surface area contributed by atoms with Gasteiger partial charge in [0.1, 0.15) is 11.5 Å². The molecule has 0 saturated carbocycles. The molecule has 2 nitrogen and oxygen atoms in total. The average Bonchev–Trinajstić information content (AvgIpc) is 2.78. The second-order valence-electron chi connectivity index (χ2n) is 3.26. The summed E-state index contributed by atoms with van der Waals surface area (Å²) in [6, 6.07) is 11.4. The van der Waals surface area contributed by atoms with E-state index < -0.39 is 0 Å². The zero-order valence-corrected chi connectivity index (χ0v) is 8.31. The third-order valence-electron chi connectivity index (χ3n) is 2.25. The SMILES string of the molecule is C=Cc1ccc(-c2ccc(CO)cc2)o1. The molecule has 1 aromatic heterocycles. The van der Waals surface area contributed by atoms with E-state index >= 15 is 0 Å². The smallest absolute Gasteiger partial charge is 0.134 e. The molecule has 0 atom stereocenters. The summed E-state index contributed by atoms with van der Waals surface area (Å²) in [6.45, 7) is 3.70. The zero-order chi connectivity index (χ0) is 10.7. The first kappa shape index (κ1) is 9.74. The molecule has 2 rings (SSSR count). The largest absolute Gasteiger partial charge is 0.457 e. The predicted octanol–water partition coefficient (Wildman–Crippen LogP) is 3.08. The molecular formula is C13H12O2. The number of aliphatic hydroxyl groups excluding tert-OH is 1. The summed E-state index contributed by atoms with van der Waals surface area (Å²) in [5, 5.41) is 8.90. The van der Waals surface area contributed by atoms with E-state index in [1.807, 2.05) is 36.4 Å². The Labute approximate surface area is 88.5 Å². The van der Waals surface area contributed by atoms with E-state index in [1.54, 1.807) is 6.08 Å². The van der Waals surface area contributed by atoms with Crippen LogP contribution in [0.5, 0.6) is 0 Å². The van der Waals surface area contributed by atoms with Gasteiger partial charge in [-0.1, -0.05) is 30.8 Å². The number of rotatable bonds is 3. The maximum atomic E-state index is 8.90. The van der Waals surface area contributed by atoms with Crippen LogP contribution in [0.3, 0.4) is 0 Å². The van der Waals surface area contributed by atoms with E-state index in [0.717, 1.165) is 22.6 Å². The van der Waals surface area contributed by atoms with Gasteiger partial charge in [-0.05, 0) is 23.8 Å². The van der Waals surface area contributed by atoms with Gasteiger partial charge in [0.25, 0.3) is 0 Å². The van der Waals surface area contributed by atoms with Crippen molar-refractivity contribution in [3.8, 4) is 11.3 Å². The minimum Gasteiger partial charge on any atom is -0.457 e. The third-order valence-corrected chi connectivity index (χ3v) is 2.25. The molecule has 0 spiro atoms. The van der Waals surface area contributed by atoms with E-state index in [4.69, 9.17) is 9.52 Å². The summed E-state index contributed by atoms with van der Waals surface area (Å²) in [4.78, 5) is 0. The van der Waals surface area contributed by atoms with Crippen molar-refractivity contribution in [3.05, 3.63) is 54.3 Å². The van der Waals surface area contributed by atoms with Gasteiger partial charge in [-0.25, -0.2) is 0 Å². The Balaban J connectivity index is 2.32. The quantitative estimate of drug-likeness (QED) is 0.825. The van der Waals surface area contributed by atoms with E-state index in [0.29, 0.717) is 0 Å². The molecular weight excluding hydrogens is 188 g/mol. The van der Waals surface area contributed by atoms with Crippen molar-refractivity contribution in [3.63, 3.8) is 0 Å². The molecule has 0 aliphatic rings. The first-order valence-electron chi connectivity index (χ1n) is 4.76. The summed E-state index contributed by atoms with van der Waals surface area (Å²) in [6.07, 6.45) is 1.67. The molecule has 1 N–H and O–H groups in total. The number of furan rings is 1. The highest BCUT2D eigenvalue weighted by atomic mass is 16.3. The molecule has 0 saturated heterocycles. The fourth-order valence-corrected chi connectivity index (χ4v) is 1.39. The number of hydrogen-bond acceptors (Lipinski definition) is 2. The van der Waals surface area contributed by atoms with Crippen LogP contribution in [-0.2, 0) is 6.61 Å². The average molecular weight is 200 g/mol. The van der Waals surface area contributed by atoms with Crippen molar-refractivity contribution in [2.45, 2.75) is 6.61 Å². The van der Waals surface area contributed by atoms with Gasteiger partial charge in [-0.15, -0.1) is 0 Å². The molecule has 0 radical (unpaired) electrons. The molecule has 76 valence electrons. The Hall–Kier alpha value is -1.80. The van der Waals surface area contributed by atoms with Gasteiger partial charge in [-0.2, -0.15) is 0 Å². The summed E-state index contributed by atoms with van der Waals surface area (Å²) in [5.74, 6) is 1.57. The maximum Gasteiger partial charge on any atom is 0.134 e. The van der Waals surface area contributed by atoms with Crippen LogP contribution >= 0.6 is 0 Å². The molecule has 0 bridgehead atoms. The summed E-state index contributed by atoms with van der Waals surface area (Å²) in [5.41, 5.74) is 1.90. The minimum atomic E-state index is 0.0658. The van der Waals surface area contributed by atoms with Crippen LogP contribution < -0.4 is 0 Å². The lowest BCUT2D eigenvalue weighted by atomic mass is 10.1. The number of benzene rings is 1. The fraction of sp³-hybridized carbons (Fsp3) is 0.0769. The lowest BCUT2D eigenvalue weighted by Gasteiger charge is -1.98. The summed E-state index contributed by atoms with van der Waals surface area (Å²) < 4.78 is 5.51. The molecule has 1 heterocycles. The Kier molecular flexibility index (Phi) is 2.70. The summed E-state index contributed by atoms with van der Waals surface area (Å²) >= 11 is 0. The zero-order valence-electron chi connectivity index (χ0n) is 8.31. The van der Waals surface area contributed by atoms with Crippen molar-refractivity contribution < 1.29 is 9.52 Å². The highest BCUT2D eigenvalue weighted by molar-refractivity contribution is 5.59. The van der Waals surface area contributed by atoms with Crippen molar-refractivity contribution >= 4 is 6.08 Å². The Morgan fingerprint density at radius 2 is 1.87 bits per heavy atom. The van der Waals surface area contributed by atoms with Crippen LogP contribution in [0.25, 0.3) is 17.4 Å². The molecule has 0 aliphatic carbocycles. The standard InChI is InChI=1S/C13H12O2/c1-2-12-7-8-13(15-12)11-5-3-10(9-14)4-6-11/h2-8,14H,1,9H2. The van der Waals surface area contributed by atoms with Crippen molar-refractivity contribution in [2.24, 2.45) is 0 Å². The molecule has 0 amide bonds. The molecule has 0 unspecified atom stereocenters. The highest BCUT2D eigenvalue weighted by Gasteiger charge is 2.02. The van der Waals surface area contributed by atoms with Gasteiger partial charge in [-0.3, -0.25) is 0 Å². The third kappa shape index (κ3) is 2.00. The molecule has 2 heteroatoms. The molecule has 0 aliphatic heterocycles. The van der Waals surface area contributed by atoms with Crippen molar-refractivity contribution in [1.82, 2.24) is 0 Å². The van der Waals surface area contributed by atoms with E-state index in [9.17, 15) is 0 Å². The van der Waals surface area contributed by atoms with Crippen LogP contribution in [0.2, 0.25) is 0 Å².